The summed E-state index contributed by atoms with van der Waals surface area (Å²) in [6, 6.07) is 2.25. The van der Waals surface area contributed by atoms with Gasteiger partial charge in [0.2, 0.25) is 11.8 Å². The van der Waals surface area contributed by atoms with Crippen molar-refractivity contribution in [1.82, 2.24) is 15.1 Å². The number of nitrogens with zero attached hydrogens (tertiary/aromatic N) is 3. The van der Waals surface area contributed by atoms with Crippen molar-refractivity contribution in [3.8, 4) is 6.07 Å². The minimum Gasteiger partial charge on any atom is -0.348 e. The fourth-order valence-electron chi connectivity index (χ4n) is 2.40. The molecule has 1 rings (SSSR count). The Labute approximate surface area is 120 Å². The number of nitriles is 1. The molecule has 6 heteroatoms. The Hall–Kier alpha value is -1.61. The van der Waals surface area contributed by atoms with Crippen LogP contribution in [0.5, 0.6) is 0 Å². The largest absolute Gasteiger partial charge is 0.348 e. The van der Waals surface area contributed by atoms with Gasteiger partial charge in [0.05, 0.1) is 19.2 Å². The maximum atomic E-state index is 12.0. The van der Waals surface area contributed by atoms with Crippen LogP contribution < -0.4 is 5.32 Å². The van der Waals surface area contributed by atoms with Crippen molar-refractivity contribution in [2.45, 2.75) is 37.6 Å². The van der Waals surface area contributed by atoms with Crippen LogP contribution in [0, 0.1) is 11.3 Å². The Morgan fingerprint density at radius 1 is 1.15 bits per heavy atom. The molecule has 0 heterocycles. The molecule has 1 aliphatic rings. The van der Waals surface area contributed by atoms with Crippen LogP contribution in [-0.2, 0) is 9.59 Å². The minimum absolute atomic E-state index is 0.0482. The summed E-state index contributed by atoms with van der Waals surface area (Å²) in [5, 5.41) is 12.2. The lowest BCUT2D eigenvalue weighted by Gasteiger charge is -2.32. The summed E-state index contributed by atoms with van der Waals surface area (Å²) in [5.41, 5.74) is -0.707. The molecule has 1 N–H and O–H groups in total. The Balaban J connectivity index is 2.46. The van der Waals surface area contributed by atoms with Gasteiger partial charge in [-0.2, -0.15) is 5.26 Å². The van der Waals surface area contributed by atoms with Gasteiger partial charge in [0, 0.05) is 14.1 Å². The van der Waals surface area contributed by atoms with E-state index in [9.17, 15) is 14.9 Å². The van der Waals surface area contributed by atoms with Crippen LogP contribution in [0.25, 0.3) is 0 Å². The molecule has 0 radical (unpaired) electrons. The van der Waals surface area contributed by atoms with Gasteiger partial charge in [-0.1, -0.05) is 19.3 Å². The number of rotatable bonds is 5. The molecule has 2 amide bonds. The molecule has 112 valence electrons. The number of nitrogens with one attached hydrogen (secondary N) is 1. The van der Waals surface area contributed by atoms with Gasteiger partial charge in [0.25, 0.3) is 0 Å². The summed E-state index contributed by atoms with van der Waals surface area (Å²) in [6.45, 7) is 0.322. The maximum Gasteiger partial charge on any atom is 0.236 e. The Morgan fingerprint density at radius 3 is 2.25 bits per heavy atom. The molecule has 0 aromatic carbocycles. The van der Waals surface area contributed by atoms with Gasteiger partial charge >= 0.3 is 0 Å². The zero-order valence-electron chi connectivity index (χ0n) is 12.6. The van der Waals surface area contributed by atoms with Gasteiger partial charge < -0.3 is 10.2 Å². The summed E-state index contributed by atoms with van der Waals surface area (Å²) in [7, 11) is 5.09. The molecule has 20 heavy (non-hydrogen) atoms. The average Bonchev–Trinajstić information content (AvgIpc) is 2.39. The van der Waals surface area contributed by atoms with Crippen LogP contribution in [0.2, 0.25) is 0 Å². The smallest absolute Gasteiger partial charge is 0.236 e. The molecule has 0 unspecified atom stereocenters. The number of amides is 2. The predicted octanol–water partition coefficient (Wildman–Crippen LogP) is 0.349. The van der Waals surface area contributed by atoms with Crippen molar-refractivity contribution in [3.63, 3.8) is 0 Å². The molecule has 0 atom stereocenters. The zero-order chi connectivity index (χ0) is 15.2. The predicted molar refractivity (Wildman–Crippen MR) is 75.8 cm³/mol. The number of carbonyl (C=O) groups excluding carboxylic acids is 2. The highest BCUT2D eigenvalue weighted by atomic mass is 16.2. The van der Waals surface area contributed by atoms with Gasteiger partial charge in [-0.15, -0.1) is 0 Å². The third-order valence-electron chi connectivity index (χ3n) is 3.62. The van der Waals surface area contributed by atoms with E-state index >= 15 is 0 Å². The van der Waals surface area contributed by atoms with Crippen molar-refractivity contribution in [2.24, 2.45) is 0 Å². The Bertz CT molecular complexity index is 394. The van der Waals surface area contributed by atoms with Crippen LogP contribution in [0.1, 0.15) is 32.1 Å². The van der Waals surface area contributed by atoms with Crippen LogP contribution in [0.15, 0.2) is 0 Å². The van der Waals surface area contributed by atoms with Crippen molar-refractivity contribution < 1.29 is 9.59 Å². The summed E-state index contributed by atoms with van der Waals surface area (Å²) < 4.78 is 0. The van der Waals surface area contributed by atoms with Gasteiger partial charge in [-0.05, 0) is 19.9 Å². The first-order valence-corrected chi connectivity index (χ1v) is 6.99. The fraction of sp³-hybridized carbons (Fsp3) is 0.786. The second kappa shape index (κ2) is 7.25. The van der Waals surface area contributed by atoms with E-state index in [4.69, 9.17) is 0 Å². The number of likely N-dealkylation sites (N-methyl/N-ethyl adjacent to an activating group) is 2. The van der Waals surface area contributed by atoms with E-state index in [1.54, 1.807) is 26.0 Å². The molecule has 0 aromatic heterocycles. The first-order valence-electron chi connectivity index (χ1n) is 6.99. The van der Waals surface area contributed by atoms with Gasteiger partial charge in [0.15, 0.2) is 0 Å². The zero-order valence-corrected chi connectivity index (χ0v) is 12.6. The highest BCUT2D eigenvalue weighted by Gasteiger charge is 2.33. The molecule has 0 aliphatic heterocycles. The standard InChI is InChI=1S/C14H24N4O2/c1-17(2)13(20)10-18(3)9-12(19)16-14(11-15)7-5-4-6-8-14/h4-10H2,1-3H3,(H,16,19). The quantitative estimate of drug-likeness (QED) is 0.788. The molecule has 6 nitrogen and oxygen atoms in total. The van der Waals surface area contributed by atoms with Crippen LogP contribution in [-0.4, -0.2) is 61.4 Å². The fourth-order valence-corrected chi connectivity index (χ4v) is 2.40. The summed E-state index contributed by atoms with van der Waals surface area (Å²) in [4.78, 5) is 26.7. The van der Waals surface area contributed by atoms with Crippen molar-refractivity contribution in [1.29, 1.82) is 5.26 Å². The third kappa shape index (κ3) is 4.82. The second-order valence-corrected chi connectivity index (χ2v) is 5.76. The number of hydrogen-bond acceptors (Lipinski definition) is 4. The highest BCUT2D eigenvalue weighted by Crippen LogP contribution is 2.27. The van der Waals surface area contributed by atoms with Gasteiger partial charge in [0.1, 0.15) is 5.54 Å². The van der Waals surface area contributed by atoms with Crippen LogP contribution >= 0.6 is 0 Å². The molecule has 0 saturated heterocycles. The molecule has 0 spiro atoms. The molecule has 1 saturated carbocycles. The van der Waals surface area contributed by atoms with E-state index < -0.39 is 5.54 Å². The minimum atomic E-state index is -0.707. The van der Waals surface area contributed by atoms with Crippen LogP contribution in [0.4, 0.5) is 0 Å². The lowest BCUT2D eigenvalue weighted by molar-refractivity contribution is -0.130. The molecule has 1 aliphatic carbocycles. The van der Waals surface area contributed by atoms with E-state index in [1.807, 2.05) is 0 Å². The summed E-state index contributed by atoms with van der Waals surface area (Å²) in [6.07, 6.45) is 4.51. The highest BCUT2D eigenvalue weighted by molar-refractivity contribution is 5.81. The SMILES string of the molecule is CN(CC(=O)NC1(C#N)CCCCC1)CC(=O)N(C)C. The van der Waals surface area contributed by atoms with E-state index in [2.05, 4.69) is 11.4 Å². The number of carbonyl (C=O) groups is 2. The van der Waals surface area contributed by atoms with Gasteiger partial charge in [-0.25, -0.2) is 0 Å². The molecular weight excluding hydrogens is 256 g/mol. The topological polar surface area (TPSA) is 76.4 Å². The maximum absolute atomic E-state index is 12.0. The number of hydrogen-bond donors (Lipinski definition) is 1. The lowest BCUT2D eigenvalue weighted by Crippen LogP contribution is -2.51. The first-order chi connectivity index (χ1) is 9.38. The lowest BCUT2D eigenvalue weighted by atomic mass is 9.83. The van der Waals surface area contributed by atoms with Crippen LogP contribution in [0.3, 0.4) is 0 Å². The molecule has 0 aromatic rings. The summed E-state index contributed by atoms with van der Waals surface area (Å²) >= 11 is 0. The Morgan fingerprint density at radius 2 is 1.75 bits per heavy atom. The normalized spacial score (nSPS) is 17.4. The van der Waals surface area contributed by atoms with Crippen molar-refractivity contribution in [2.75, 3.05) is 34.2 Å². The van der Waals surface area contributed by atoms with Gasteiger partial charge in [-0.3, -0.25) is 14.5 Å². The van der Waals surface area contributed by atoms with Crippen molar-refractivity contribution >= 4 is 11.8 Å². The molecule has 0 bridgehead atoms. The second-order valence-electron chi connectivity index (χ2n) is 5.76. The average molecular weight is 280 g/mol. The molecule has 1 fully saturated rings. The summed E-state index contributed by atoms with van der Waals surface area (Å²) in [5.74, 6) is -0.240. The van der Waals surface area contributed by atoms with Crippen molar-refractivity contribution in [3.05, 3.63) is 0 Å². The monoisotopic (exact) mass is 280 g/mol. The molecular formula is C14H24N4O2. The first kappa shape index (κ1) is 16.4. The Kier molecular flexibility index (Phi) is 5.96. The van der Waals surface area contributed by atoms with E-state index in [0.29, 0.717) is 0 Å². The van der Waals surface area contributed by atoms with E-state index in [0.717, 1.165) is 32.1 Å². The van der Waals surface area contributed by atoms with E-state index in [1.165, 1.54) is 4.90 Å². The third-order valence-corrected chi connectivity index (χ3v) is 3.62. The van der Waals surface area contributed by atoms with E-state index in [-0.39, 0.29) is 24.9 Å².